The van der Waals surface area contributed by atoms with Gasteiger partial charge in [0.25, 0.3) is 0 Å². The number of aromatic nitrogens is 5. The zero-order valence-electron chi connectivity index (χ0n) is 21.0. The van der Waals surface area contributed by atoms with Gasteiger partial charge >= 0.3 is 0 Å². The first kappa shape index (κ1) is 26.2. The van der Waals surface area contributed by atoms with Gasteiger partial charge in [-0.25, -0.2) is 9.50 Å². The fourth-order valence-electron chi connectivity index (χ4n) is 3.44. The Kier molecular flexibility index (Phi) is 9.68. The minimum absolute atomic E-state index is 0.0148. The molecule has 0 fully saturated rings. The zero-order chi connectivity index (χ0) is 25.2. The average Bonchev–Trinajstić information content (AvgIpc) is 3.49. The lowest BCUT2D eigenvalue weighted by atomic mass is 10.3. The molecular formula is C25H34N8OS. The van der Waals surface area contributed by atoms with Crippen LogP contribution < -0.4 is 10.6 Å². The largest absolute Gasteiger partial charge is 0.325 e. The molecule has 0 spiro atoms. The topological polar surface area (TPSA) is 103 Å². The predicted molar refractivity (Wildman–Crippen MR) is 143 cm³/mol. The number of H-pyrrole nitrogens is 1. The van der Waals surface area contributed by atoms with E-state index in [1.807, 2.05) is 67.9 Å². The summed E-state index contributed by atoms with van der Waals surface area (Å²) in [5.74, 6) is 1.42. The second-order valence-corrected chi connectivity index (χ2v) is 9.01. The van der Waals surface area contributed by atoms with Gasteiger partial charge in [-0.05, 0) is 75.8 Å². The highest BCUT2D eigenvalue weighted by Crippen LogP contribution is 2.28. The van der Waals surface area contributed by atoms with Crippen LogP contribution in [0.5, 0.6) is 0 Å². The third-order valence-electron chi connectivity index (χ3n) is 5.20. The maximum Gasteiger partial charge on any atom is 0.238 e. The van der Waals surface area contributed by atoms with Gasteiger partial charge in [-0.1, -0.05) is 26.0 Å². The number of fused-ring (bicyclic) bond motifs is 1. The quantitative estimate of drug-likeness (QED) is 0.245. The maximum atomic E-state index is 12.5. The molecule has 0 aliphatic rings. The van der Waals surface area contributed by atoms with Crippen LogP contribution in [-0.4, -0.2) is 55.2 Å². The number of carbonyl (C=O) groups excluding carboxylic acids is 1. The van der Waals surface area contributed by atoms with E-state index in [0.29, 0.717) is 17.5 Å². The van der Waals surface area contributed by atoms with Crippen LogP contribution in [-0.2, 0) is 4.79 Å². The predicted octanol–water partition coefficient (Wildman–Crippen LogP) is 4.81. The SMILES string of the molecule is C\C=C(/C=C\C(=C/C)Sc1nc(Nc2ccn[nH]2)c2cc(C)cn2n1)NC(=O)CN(CC)CCC. The van der Waals surface area contributed by atoms with Gasteiger partial charge in [0.15, 0.2) is 5.82 Å². The highest BCUT2D eigenvalue weighted by atomic mass is 32.2. The molecule has 0 aromatic carbocycles. The first-order valence-corrected chi connectivity index (χ1v) is 12.6. The van der Waals surface area contributed by atoms with Crippen LogP contribution in [0.2, 0.25) is 0 Å². The third-order valence-corrected chi connectivity index (χ3v) is 6.17. The number of nitrogens with zero attached hydrogens (tertiary/aromatic N) is 5. The number of hydrogen-bond donors (Lipinski definition) is 3. The summed E-state index contributed by atoms with van der Waals surface area (Å²) in [6.07, 6.45) is 12.4. The molecule has 3 aromatic heterocycles. The summed E-state index contributed by atoms with van der Waals surface area (Å²) in [4.78, 5) is 20.3. The van der Waals surface area contributed by atoms with Crippen LogP contribution >= 0.6 is 11.8 Å². The molecule has 0 aliphatic heterocycles. The molecule has 3 aromatic rings. The van der Waals surface area contributed by atoms with Crippen molar-refractivity contribution in [3.63, 3.8) is 0 Å². The molecule has 0 aliphatic carbocycles. The van der Waals surface area contributed by atoms with Gasteiger partial charge in [0, 0.05) is 22.9 Å². The van der Waals surface area contributed by atoms with Crippen LogP contribution in [0.1, 0.15) is 39.7 Å². The summed E-state index contributed by atoms with van der Waals surface area (Å²) in [5, 5.41) is 18.4. The summed E-state index contributed by atoms with van der Waals surface area (Å²) in [5.41, 5.74) is 2.72. The lowest BCUT2D eigenvalue weighted by molar-refractivity contribution is -0.121. The van der Waals surface area contributed by atoms with E-state index in [1.54, 1.807) is 6.20 Å². The van der Waals surface area contributed by atoms with Crippen molar-refractivity contribution in [1.82, 2.24) is 35.0 Å². The van der Waals surface area contributed by atoms with E-state index >= 15 is 0 Å². The van der Waals surface area contributed by atoms with Gasteiger partial charge in [-0.2, -0.15) is 5.10 Å². The van der Waals surface area contributed by atoms with Gasteiger partial charge in [0.2, 0.25) is 11.1 Å². The normalized spacial score (nSPS) is 12.7. The van der Waals surface area contributed by atoms with Gasteiger partial charge < -0.3 is 10.6 Å². The summed E-state index contributed by atoms with van der Waals surface area (Å²) < 4.78 is 1.83. The molecular weight excluding hydrogens is 460 g/mol. The molecule has 0 saturated carbocycles. The number of aryl methyl sites for hydroxylation is 1. The van der Waals surface area contributed by atoms with Gasteiger partial charge in [0.05, 0.1) is 12.7 Å². The second kappa shape index (κ2) is 12.9. The fourth-order valence-corrected chi connectivity index (χ4v) is 4.17. The van der Waals surface area contributed by atoms with Gasteiger partial charge in [0.1, 0.15) is 11.3 Å². The van der Waals surface area contributed by atoms with Crippen molar-refractivity contribution in [2.45, 2.75) is 46.2 Å². The maximum absolute atomic E-state index is 12.5. The molecule has 0 bridgehead atoms. The molecule has 9 nitrogen and oxygen atoms in total. The summed E-state index contributed by atoms with van der Waals surface area (Å²) in [7, 11) is 0. The number of anilines is 2. The monoisotopic (exact) mass is 494 g/mol. The van der Waals surface area contributed by atoms with Crippen molar-refractivity contribution in [3.05, 3.63) is 65.0 Å². The molecule has 3 rings (SSSR count). The smallest absolute Gasteiger partial charge is 0.238 e. The van der Waals surface area contributed by atoms with E-state index in [-0.39, 0.29) is 5.91 Å². The fraction of sp³-hybridized carbons (Fsp3) is 0.360. The summed E-state index contributed by atoms with van der Waals surface area (Å²) >= 11 is 1.45. The van der Waals surface area contributed by atoms with E-state index in [2.05, 4.69) is 44.7 Å². The number of rotatable bonds is 12. The van der Waals surface area contributed by atoms with Crippen LogP contribution in [0.25, 0.3) is 5.52 Å². The Labute approximate surface area is 210 Å². The van der Waals surface area contributed by atoms with Crippen LogP contribution in [0.15, 0.2) is 64.6 Å². The molecule has 0 saturated heterocycles. The standard InChI is InChI=1S/C25H34N8OS/c1-6-14-32(9-4)17-23(34)27-19(7-2)10-11-20(8-3)35-25-29-24(28-22-12-13-26-30-22)21-15-18(5)16-33(21)31-25/h7-8,10-13,15-16H,6,9,14,17H2,1-5H3,(H,27,34)(H2,26,28,29,30,31)/b11-10-,19-7+,20-8+. The molecule has 3 heterocycles. The van der Waals surface area contributed by atoms with Crippen molar-refractivity contribution < 1.29 is 4.79 Å². The number of thioether (sulfide) groups is 1. The molecule has 3 N–H and O–H groups in total. The Balaban J connectivity index is 1.72. The van der Waals surface area contributed by atoms with Crippen molar-refractivity contribution in [1.29, 1.82) is 0 Å². The van der Waals surface area contributed by atoms with E-state index < -0.39 is 0 Å². The Morgan fingerprint density at radius 1 is 1.26 bits per heavy atom. The molecule has 35 heavy (non-hydrogen) atoms. The Morgan fingerprint density at radius 2 is 2.09 bits per heavy atom. The first-order valence-electron chi connectivity index (χ1n) is 11.8. The van der Waals surface area contributed by atoms with Crippen molar-refractivity contribution in [3.8, 4) is 0 Å². The van der Waals surface area contributed by atoms with Crippen molar-refractivity contribution in [2.75, 3.05) is 25.0 Å². The lowest BCUT2D eigenvalue weighted by Gasteiger charge is -2.18. The molecule has 186 valence electrons. The van der Waals surface area contributed by atoms with E-state index in [0.717, 1.165) is 47.0 Å². The lowest BCUT2D eigenvalue weighted by Crippen LogP contribution is -2.36. The number of hydrogen-bond acceptors (Lipinski definition) is 7. The van der Waals surface area contributed by atoms with Crippen LogP contribution in [0.3, 0.4) is 0 Å². The Hall–Kier alpha value is -3.37. The number of likely N-dealkylation sites (N-methyl/N-ethyl adjacent to an activating group) is 1. The molecule has 0 unspecified atom stereocenters. The molecule has 0 atom stereocenters. The Morgan fingerprint density at radius 3 is 2.74 bits per heavy atom. The van der Waals surface area contributed by atoms with Crippen LogP contribution in [0.4, 0.5) is 11.6 Å². The van der Waals surface area contributed by atoms with Crippen LogP contribution in [0, 0.1) is 6.92 Å². The number of amides is 1. The number of nitrogens with one attached hydrogen (secondary N) is 3. The molecule has 0 radical (unpaired) electrons. The van der Waals surface area contributed by atoms with E-state index in [1.165, 1.54) is 11.8 Å². The minimum atomic E-state index is -0.0148. The third kappa shape index (κ3) is 7.56. The summed E-state index contributed by atoms with van der Waals surface area (Å²) in [6, 6.07) is 3.88. The van der Waals surface area contributed by atoms with E-state index in [9.17, 15) is 4.79 Å². The van der Waals surface area contributed by atoms with Crippen molar-refractivity contribution in [2.24, 2.45) is 0 Å². The number of aromatic amines is 1. The van der Waals surface area contributed by atoms with Crippen molar-refractivity contribution >= 4 is 34.8 Å². The summed E-state index contributed by atoms with van der Waals surface area (Å²) in [6.45, 7) is 12.2. The average molecular weight is 495 g/mol. The zero-order valence-corrected chi connectivity index (χ0v) is 21.8. The minimum Gasteiger partial charge on any atom is -0.325 e. The number of allylic oxidation sites excluding steroid dienone is 4. The number of carbonyl (C=O) groups is 1. The highest BCUT2D eigenvalue weighted by Gasteiger charge is 2.12. The van der Waals surface area contributed by atoms with E-state index in [4.69, 9.17) is 4.98 Å². The second-order valence-electron chi connectivity index (χ2n) is 7.97. The van der Waals surface area contributed by atoms with Gasteiger partial charge in [-0.15, -0.1) is 5.10 Å². The Bertz CT molecular complexity index is 1210. The highest BCUT2D eigenvalue weighted by molar-refractivity contribution is 8.03. The molecule has 10 heteroatoms. The van der Waals surface area contributed by atoms with Gasteiger partial charge in [-0.3, -0.25) is 14.8 Å². The first-order chi connectivity index (χ1) is 16.9. The molecule has 1 amide bonds.